The molecule has 3 heteroatoms. The van der Waals surface area contributed by atoms with Gasteiger partial charge in [0.2, 0.25) is 0 Å². The summed E-state index contributed by atoms with van der Waals surface area (Å²) in [6, 6.07) is 0.794. The van der Waals surface area contributed by atoms with Gasteiger partial charge in [0.05, 0.1) is 0 Å². The first-order valence-corrected chi connectivity index (χ1v) is 6.69. The van der Waals surface area contributed by atoms with Crippen molar-refractivity contribution < 1.29 is 0 Å². The van der Waals surface area contributed by atoms with E-state index in [9.17, 15) is 0 Å². The van der Waals surface area contributed by atoms with E-state index in [2.05, 4.69) is 37.6 Å². The van der Waals surface area contributed by atoms with Crippen molar-refractivity contribution in [2.45, 2.75) is 32.7 Å². The summed E-state index contributed by atoms with van der Waals surface area (Å²) < 4.78 is 0. The molecule has 0 bridgehead atoms. The van der Waals surface area contributed by atoms with Gasteiger partial charge in [-0.05, 0) is 43.4 Å². The van der Waals surface area contributed by atoms with Gasteiger partial charge >= 0.3 is 0 Å². The van der Waals surface area contributed by atoms with Gasteiger partial charge in [-0.3, -0.25) is 0 Å². The highest BCUT2D eigenvalue weighted by molar-refractivity contribution is 7.99. The molecule has 0 atom stereocenters. The second-order valence-electron chi connectivity index (χ2n) is 5.13. The number of hydrogen-bond acceptors (Lipinski definition) is 3. The zero-order valence-corrected chi connectivity index (χ0v) is 10.6. The lowest BCUT2D eigenvalue weighted by Crippen LogP contribution is -2.43. The normalized spacial score (nSPS) is 20.4. The fourth-order valence-electron chi connectivity index (χ4n) is 1.99. The van der Waals surface area contributed by atoms with Gasteiger partial charge in [-0.2, -0.15) is 11.8 Å². The van der Waals surface area contributed by atoms with E-state index in [0.717, 1.165) is 19.1 Å². The van der Waals surface area contributed by atoms with Crippen LogP contribution < -0.4 is 5.73 Å². The summed E-state index contributed by atoms with van der Waals surface area (Å²) in [7, 11) is 2.25. The minimum Gasteiger partial charge on any atom is -0.330 e. The van der Waals surface area contributed by atoms with Crippen molar-refractivity contribution in [1.82, 2.24) is 4.90 Å². The van der Waals surface area contributed by atoms with E-state index in [1.807, 2.05) is 0 Å². The van der Waals surface area contributed by atoms with Crippen LogP contribution in [0.25, 0.3) is 0 Å². The number of rotatable bonds is 4. The highest BCUT2D eigenvalue weighted by atomic mass is 32.2. The quantitative estimate of drug-likeness (QED) is 0.777. The largest absolute Gasteiger partial charge is 0.330 e. The molecule has 0 unspecified atom stereocenters. The van der Waals surface area contributed by atoms with E-state index in [1.165, 1.54) is 24.3 Å². The average Bonchev–Trinajstić information content (AvgIpc) is 2.19. The van der Waals surface area contributed by atoms with Gasteiger partial charge in [-0.1, -0.05) is 13.8 Å². The Morgan fingerprint density at radius 2 is 1.93 bits per heavy atom. The molecule has 84 valence electrons. The van der Waals surface area contributed by atoms with E-state index in [0.29, 0.717) is 0 Å². The molecule has 0 amide bonds. The summed E-state index contributed by atoms with van der Waals surface area (Å²) in [4.78, 5) is 2.51. The van der Waals surface area contributed by atoms with Crippen LogP contribution in [-0.4, -0.2) is 42.6 Å². The van der Waals surface area contributed by atoms with Gasteiger partial charge in [-0.25, -0.2) is 0 Å². The SMILES string of the molecule is CN(CC(C)(C)CN)C1CCSCC1. The van der Waals surface area contributed by atoms with E-state index in [4.69, 9.17) is 5.73 Å². The molecule has 0 radical (unpaired) electrons. The first kappa shape index (κ1) is 12.3. The Hall–Kier alpha value is 0.270. The molecule has 1 rings (SSSR count). The van der Waals surface area contributed by atoms with Crippen LogP contribution >= 0.6 is 11.8 Å². The Balaban J connectivity index is 2.36. The molecule has 0 aliphatic carbocycles. The molecule has 14 heavy (non-hydrogen) atoms. The predicted octanol–water partition coefficient (Wildman–Crippen LogP) is 1.80. The minimum atomic E-state index is 0.263. The van der Waals surface area contributed by atoms with E-state index in [-0.39, 0.29) is 5.41 Å². The summed E-state index contributed by atoms with van der Waals surface area (Å²) in [5.74, 6) is 2.66. The molecule has 2 N–H and O–H groups in total. The molecule has 0 aromatic rings. The van der Waals surface area contributed by atoms with Crippen molar-refractivity contribution in [1.29, 1.82) is 0 Å². The van der Waals surface area contributed by atoms with Gasteiger partial charge in [0.25, 0.3) is 0 Å². The number of thioether (sulfide) groups is 1. The fourth-order valence-corrected chi connectivity index (χ4v) is 3.08. The van der Waals surface area contributed by atoms with Crippen LogP contribution in [0.2, 0.25) is 0 Å². The Labute approximate surface area is 92.6 Å². The molecule has 0 spiro atoms. The van der Waals surface area contributed by atoms with E-state index < -0.39 is 0 Å². The molecule has 1 aliphatic rings. The van der Waals surface area contributed by atoms with Crippen molar-refractivity contribution in [2.75, 3.05) is 31.6 Å². The molecule has 0 aromatic carbocycles. The van der Waals surface area contributed by atoms with Crippen LogP contribution in [0, 0.1) is 5.41 Å². The maximum absolute atomic E-state index is 5.75. The second-order valence-corrected chi connectivity index (χ2v) is 6.35. The molecule has 0 saturated carbocycles. The standard InChI is InChI=1S/C11H24N2S/c1-11(2,8-12)9-13(3)10-4-6-14-7-5-10/h10H,4-9,12H2,1-3H3. The zero-order chi connectivity index (χ0) is 10.6. The van der Waals surface area contributed by atoms with Gasteiger partial charge in [0.15, 0.2) is 0 Å². The minimum absolute atomic E-state index is 0.263. The summed E-state index contributed by atoms with van der Waals surface area (Å²) in [6.07, 6.45) is 2.70. The van der Waals surface area contributed by atoms with Crippen molar-refractivity contribution in [3.63, 3.8) is 0 Å². The smallest absolute Gasteiger partial charge is 0.0108 e. The van der Waals surface area contributed by atoms with Crippen LogP contribution in [-0.2, 0) is 0 Å². The topological polar surface area (TPSA) is 29.3 Å². The van der Waals surface area contributed by atoms with Gasteiger partial charge in [0, 0.05) is 12.6 Å². The first-order chi connectivity index (χ1) is 6.55. The average molecular weight is 216 g/mol. The molecule has 1 fully saturated rings. The van der Waals surface area contributed by atoms with Crippen molar-refractivity contribution in [3.05, 3.63) is 0 Å². The number of nitrogens with two attached hydrogens (primary N) is 1. The monoisotopic (exact) mass is 216 g/mol. The maximum Gasteiger partial charge on any atom is 0.0108 e. The van der Waals surface area contributed by atoms with Crippen LogP contribution in [0.1, 0.15) is 26.7 Å². The van der Waals surface area contributed by atoms with Crippen LogP contribution in [0.3, 0.4) is 0 Å². The van der Waals surface area contributed by atoms with Gasteiger partial charge in [0.1, 0.15) is 0 Å². The summed E-state index contributed by atoms with van der Waals surface area (Å²) in [6.45, 7) is 6.40. The summed E-state index contributed by atoms with van der Waals surface area (Å²) in [5, 5.41) is 0. The van der Waals surface area contributed by atoms with Crippen LogP contribution in [0.5, 0.6) is 0 Å². The third kappa shape index (κ3) is 3.79. The predicted molar refractivity (Wildman–Crippen MR) is 65.8 cm³/mol. The van der Waals surface area contributed by atoms with Crippen molar-refractivity contribution in [3.8, 4) is 0 Å². The summed E-state index contributed by atoms with van der Waals surface area (Å²) >= 11 is 2.09. The number of hydrogen-bond donors (Lipinski definition) is 1. The third-order valence-electron chi connectivity index (χ3n) is 3.04. The van der Waals surface area contributed by atoms with E-state index >= 15 is 0 Å². The van der Waals surface area contributed by atoms with Crippen molar-refractivity contribution in [2.24, 2.45) is 11.1 Å². The molecular weight excluding hydrogens is 192 g/mol. The van der Waals surface area contributed by atoms with Gasteiger partial charge in [-0.15, -0.1) is 0 Å². The molecule has 1 aliphatic heterocycles. The Morgan fingerprint density at radius 3 is 2.43 bits per heavy atom. The summed E-state index contributed by atoms with van der Waals surface area (Å²) in [5.41, 5.74) is 6.02. The Kier molecular flexibility index (Phi) is 4.74. The fraction of sp³-hybridized carbons (Fsp3) is 1.00. The Morgan fingerprint density at radius 1 is 1.36 bits per heavy atom. The molecule has 2 nitrogen and oxygen atoms in total. The Bertz CT molecular complexity index is 165. The highest BCUT2D eigenvalue weighted by Gasteiger charge is 2.24. The van der Waals surface area contributed by atoms with Crippen LogP contribution in [0.4, 0.5) is 0 Å². The van der Waals surface area contributed by atoms with Crippen molar-refractivity contribution >= 4 is 11.8 Å². The van der Waals surface area contributed by atoms with Crippen LogP contribution in [0.15, 0.2) is 0 Å². The second kappa shape index (κ2) is 5.38. The molecular formula is C11H24N2S. The lowest BCUT2D eigenvalue weighted by Gasteiger charge is -2.36. The lowest BCUT2D eigenvalue weighted by atomic mass is 9.92. The lowest BCUT2D eigenvalue weighted by molar-refractivity contribution is 0.157. The van der Waals surface area contributed by atoms with Gasteiger partial charge < -0.3 is 10.6 Å². The third-order valence-corrected chi connectivity index (χ3v) is 4.09. The molecule has 0 aromatic heterocycles. The highest BCUT2D eigenvalue weighted by Crippen LogP contribution is 2.23. The molecule has 1 saturated heterocycles. The molecule has 1 heterocycles. The number of nitrogens with zero attached hydrogens (tertiary/aromatic N) is 1. The maximum atomic E-state index is 5.75. The first-order valence-electron chi connectivity index (χ1n) is 5.53. The zero-order valence-electron chi connectivity index (χ0n) is 9.75. The van der Waals surface area contributed by atoms with E-state index in [1.54, 1.807) is 0 Å².